The first kappa shape index (κ1) is 29.4. The highest BCUT2D eigenvalue weighted by molar-refractivity contribution is 7.26. The number of nitrogens with zero attached hydrogens (tertiary/aromatic N) is 3. The number of pyridine rings is 1. The molecule has 0 unspecified atom stereocenters. The molecule has 10 rings (SSSR count). The Kier molecular flexibility index (Phi) is 7.00. The van der Waals surface area contributed by atoms with Crippen LogP contribution < -0.4 is 0 Å². The van der Waals surface area contributed by atoms with Gasteiger partial charge in [0.15, 0.2) is 5.82 Å². The van der Waals surface area contributed by atoms with Crippen LogP contribution >= 0.6 is 11.3 Å². The Balaban J connectivity index is 1.07. The van der Waals surface area contributed by atoms with E-state index in [-0.39, 0.29) is 0 Å². The molecule has 10 aromatic rings. The van der Waals surface area contributed by atoms with E-state index in [1.165, 1.54) is 36.3 Å². The fourth-order valence-corrected chi connectivity index (χ4v) is 8.45. The Bertz CT molecular complexity index is 2840. The van der Waals surface area contributed by atoms with Gasteiger partial charge in [0.05, 0.1) is 22.6 Å². The summed E-state index contributed by atoms with van der Waals surface area (Å²) in [6.07, 6.45) is 0. The molecule has 0 aliphatic rings. The van der Waals surface area contributed by atoms with Crippen molar-refractivity contribution in [1.29, 1.82) is 0 Å². The summed E-state index contributed by atoms with van der Waals surface area (Å²) in [6, 6.07) is 61.8. The Hall–Kier alpha value is -6.49. The number of para-hydroxylation sites is 1. The second kappa shape index (κ2) is 12.1. The number of benzene rings is 7. The molecule has 0 aliphatic heterocycles. The molecule has 0 amide bonds. The number of rotatable bonds is 5. The predicted octanol–water partition coefficient (Wildman–Crippen LogP) is 12.9. The minimum Gasteiger partial charge on any atom is -0.247 e. The van der Waals surface area contributed by atoms with Gasteiger partial charge < -0.3 is 0 Å². The van der Waals surface area contributed by atoms with Crippen LogP contribution in [-0.2, 0) is 0 Å². The molecule has 3 nitrogen and oxygen atoms in total. The lowest BCUT2D eigenvalue weighted by atomic mass is 9.96. The molecule has 0 N–H and O–H groups in total. The summed E-state index contributed by atoms with van der Waals surface area (Å²) in [5.74, 6) is 0.704. The van der Waals surface area contributed by atoms with E-state index in [0.29, 0.717) is 5.82 Å². The van der Waals surface area contributed by atoms with Gasteiger partial charge in [0, 0.05) is 58.6 Å². The highest BCUT2D eigenvalue weighted by Gasteiger charge is 2.17. The van der Waals surface area contributed by atoms with E-state index in [2.05, 4.69) is 140 Å². The van der Waals surface area contributed by atoms with Crippen LogP contribution in [-0.4, -0.2) is 15.0 Å². The van der Waals surface area contributed by atoms with Gasteiger partial charge in [0.1, 0.15) is 0 Å². The van der Waals surface area contributed by atoms with Gasteiger partial charge in [0.25, 0.3) is 0 Å². The molecule has 3 heterocycles. The summed E-state index contributed by atoms with van der Waals surface area (Å²) in [4.78, 5) is 15.3. The molecule has 0 fully saturated rings. The highest BCUT2D eigenvalue weighted by Crippen LogP contribution is 2.43. The highest BCUT2D eigenvalue weighted by atomic mass is 32.1. The van der Waals surface area contributed by atoms with Crippen molar-refractivity contribution in [2.24, 2.45) is 0 Å². The molecule has 0 saturated carbocycles. The van der Waals surface area contributed by atoms with Crippen LogP contribution in [0.25, 0.3) is 98.1 Å². The van der Waals surface area contributed by atoms with Crippen LogP contribution in [0.3, 0.4) is 0 Å². The number of fused-ring (bicyclic) bond motifs is 7. The third-order valence-corrected chi connectivity index (χ3v) is 10.9. The molecular weight excluding hydrogens is 639 g/mol. The van der Waals surface area contributed by atoms with Gasteiger partial charge >= 0.3 is 0 Å². The van der Waals surface area contributed by atoms with Gasteiger partial charge in [-0.25, -0.2) is 15.0 Å². The minimum atomic E-state index is 0.704. The molecule has 51 heavy (non-hydrogen) atoms. The molecule has 0 atom stereocenters. The van der Waals surface area contributed by atoms with Gasteiger partial charge in [-0.2, -0.15) is 0 Å². The summed E-state index contributed by atoms with van der Waals surface area (Å²) in [6.45, 7) is 0. The number of aromatic nitrogens is 3. The lowest BCUT2D eigenvalue weighted by molar-refractivity contribution is 1.18. The molecule has 4 heteroatoms. The lowest BCUT2D eigenvalue weighted by Crippen LogP contribution is -1.96. The van der Waals surface area contributed by atoms with Crippen molar-refractivity contribution in [2.45, 2.75) is 0 Å². The third kappa shape index (κ3) is 5.16. The van der Waals surface area contributed by atoms with E-state index in [1.807, 2.05) is 47.7 Å². The first-order chi connectivity index (χ1) is 25.3. The van der Waals surface area contributed by atoms with E-state index in [9.17, 15) is 0 Å². The van der Waals surface area contributed by atoms with E-state index in [1.54, 1.807) is 0 Å². The molecule has 0 spiro atoms. The molecule has 0 bridgehead atoms. The van der Waals surface area contributed by atoms with Crippen molar-refractivity contribution < 1.29 is 0 Å². The monoisotopic (exact) mass is 667 g/mol. The average molecular weight is 668 g/mol. The Morgan fingerprint density at radius 3 is 1.69 bits per heavy atom. The van der Waals surface area contributed by atoms with Crippen molar-refractivity contribution in [3.63, 3.8) is 0 Å². The zero-order chi connectivity index (χ0) is 33.7. The van der Waals surface area contributed by atoms with Crippen molar-refractivity contribution in [3.05, 3.63) is 176 Å². The van der Waals surface area contributed by atoms with Crippen LogP contribution in [0, 0.1) is 0 Å². The zero-order valence-corrected chi connectivity index (χ0v) is 28.3. The summed E-state index contributed by atoms with van der Waals surface area (Å²) in [5.41, 5.74) is 10.3. The standard InChI is InChI=1S/C47H29N3S/c1-3-12-31(13-4-1)41-29-42(32-14-5-2-6-15-32)50-47(49-41)33-24-22-30(23-25-33)34-16-11-17-35(28-34)45-39-27-26-37-36-18-8-10-21-43(36)51-46(37)44(39)38-19-7-9-20-40(38)48-45/h1-29H. The zero-order valence-electron chi connectivity index (χ0n) is 27.5. The van der Waals surface area contributed by atoms with Gasteiger partial charge in [0.2, 0.25) is 0 Å². The Morgan fingerprint density at radius 2 is 0.941 bits per heavy atom. The van der Waals surface area contributed by atoms with Crippen LogP contribution in [0.1, 0.15) is 0 Å². The average Bonchev–Trinajstić information content (AvgIpc) is 3.60. The van der Waals surface area contributed by atoms with Crippen LogP contribution in [0.4, 0.5) is 0 Å². The molecule has 0 aliphatic carbocycles. The quantitative estimate of drug-likeness (QED) is 0.171. The molecule has 3 aromatic heterocycles. The molecule has 7 aromatic carbocycles. The molecule has 0 radical (unpaired) electrons. The van der Waals surface area contributed by atoms with E-state index in [0.717, 1.165) is 56.0 Å². The second-order valence-corrected chi connectivity index (χ2v) is 13.8. The SMILES string of the molecule is c1ccc(-c2cc(-c3ccccc3)nc(-c3ccc(-c4cccc(-c5nc6ccccc6c6c5ccc5c7ccccc7sc56)c4)cc3)n2)cc1. The van der Waals surface area contributed by atoms with Crippen molar-refractivity contribution in [1.82, 2.24) is 15.0 Å². The van der Waals surface area contributed by atoms with Gasteiger partial charge in [-0.15, -0.1) is 11.3 Å². The first-order valence-corrected chi connectivity index (χ1v) is 17.9. The summed E-state index contributed by atoms with van der Waals surface area (Å²) in [7, 11) is 0. The van der Waals surface area contributed by atoms with Gasteiger partial charge in [-0.1, -0.05) is 152 Å². The van der Waals surface area contributed by atoms with Crippen molar-refractivity contribution in [2.75, 3.05) is 0 Å². The largest absolute Gasteiger partial charge is 0.247 e. The maximum absolute atomic E-state index is 5.28. The van der Waals surface area contributed by atoms with Gasteiger partial charge in [-0.05, 0) is 35.4 Å². The summed E-state index contributed by atoms with van der Waals surface area (Å²) >= 11 is 1.87. The fraction of sp³-hybridized carbons (Fsp3) is 0. The van der Waals surface area contributed by atoms with Gasteiger partial charge in [-0.3, -0.25) is 0 Å². The van der Waals surface area contributed by atoms with Crippen molar-refractivity contribution >= 4 is 53.2 Å². The topological polar surface area (TPSA) is 38.7 Å². The number of hydrogen-bond acceptors (Lipinski definition) is 4. The summed E-state index contributed by atoms with van der Waals surface area (Å²) < 4.78 is 2.62. The molecule has 238 valence electrons. The van der Waals surface area contributed by atoms with E-state index in [4.69, 9.17) is 15.0 Å². The number of hydrogen-bond donors (Lipinski definition) is 0. The Morgan fingerprint density at radius 1 is 0.353 bits per heavy atom. The Labute approximate surface area is 299 Å². The van der Waals surface area contributed by atoms with E-state index >= 15 is 0 Å². The molecular formula is C47H29N3S. The van der Waals surface area contributed by atoms with E-state index < -0.39 is 0 Å². The predicted molar refractivity (Wildman–Crippen MR) is 215 cm³/mol. The normalized spacial score (nSPS) is 11.5. The van der Waals surface area contributed by atoms with Crippen LogP contribution in [0.2, 0.25) is 0 Å². The maximum atomic E-state index is 5.28. The fourth-order valence-electron chi connectivity index (χ4n) is 7.18. The smallest absolute Gasteiger partial charge is 0.160 e. The molecule has 0 saturated heterocycles. The van der Waals surface area contributed by atoms with Crippen LogP contribution in [0.15, 0.2) is 176 Å². The van der Waals surface area contributed by atoms with Crippen molar-refractivity contribution in [3.8, 4) is 56.3 Å². The maximum Gasteiger partial charge on any atom is 0.160 e. The third-order valence-electron chi connectivity index (χ3n) is 9.69. The first-order valence-electron chi connectivity index (χ1n) is 17.1. The summed E-state index contributed by atoms with van der Waals surface area (Å²) in [5, 5.41) is 6.24. The lowest BCUT2D eigenvalue weighted by Gasteiger charge is -2.13. The van der Waals surface area contributed by atoms with Crippen LogP contribution in [0.5, 0.6) is 0 Å². The second-order valence-electron chi connectivity index (χ2n) is 12.8. The minimum absolute atomic E-state index is 0.704. The number of thiophene rings is 1.